The second-order valence-electron chi connectivity index (χ2n) is 6.11. The molecule has 0 unspecified atom stereocenters. The molecule has 1 aromatic rings. The predicted molar refractivity (Wildman–Crippen MR) is 78.6 cm³/mol. The van der Waals surface area contributed by atoms with E-state index in [1.54, 1.807) is 0 Å². The molecule has 0 spiro atoms. The van der Waals surface area contributed by atoms with Crippen LogP contribution in [0.2, 0.25) is 0 Å². The maximum absolute atomic E-state index is 9.54. The van der Waals surface area contributed by atoms with E-state index in [1.807, 2.05) is 0 Å². The lowest BCUT2D eigenvalue weighted by Gasteiger charge is -2.27. The highest BCUT2D eigenvalue weighted by molar-refractivity contribution is 5.57. The second kappa shape index (κ2) is 5.84. The number of rotatable bonds is 2. The van der Waals surface area contributed by atoms with Crippen molar-refractivity contribution in [2.24, 2.45) is 5.73 Å². The van der Waals surface area contributed by atoms with E-state index in [-0.39, 0.29) is 0 Å². The summed E-state index contributed by atoms with van der Waals surface area (Å²) in [5.41, 5.74) is 7.78. The molecule has 0 radical (unpaired) electrons. The molecule has 0 aromatic carbocycles. The first kappa shape index (κ1) is 13.4. The van der Waals surface area contributed by atoms with Crippen LogP contribution >= 0.6 is 0 Å². The molecule has 3 rings (SSSR count). The lowest BCUT2D eigenvalue weighted by Crippen LogP contribution is -2.30. The van der Waals surface area contributed by atoms with Gasteiger partial charge in [0.25, 0.3) is 0 Å². The number of anilines is 1. The molecule has 2 aliphatic rings. The first-order valence-electron chi connectivity index (χ1n) is 7.78. The van der Waals surface area contributed by atoms with Gasteiger partial charge in [0.1, 0.15) is 11.6 Å². The van der Waals surface area contributed by atoms with Gasteiger partial charge in [0.2, 0.25) is 0 Å². The van der Waals surface area contributed by atoms with Crippen molar-refractivity contribution in [2.45, 2.75) is 56.9 Å². The number of nitrogens with one attached hydrogen (secondary N) is 1. The van der Waals surface area contributed by atoms with Gasteiger partial charge in [-0.05, 0) is 44.9 Å². The Morgan fingerprint density at radius 1 is 1.15 bits per heavy atom. The summed E-state index contributed by atoms with van der Waals surface area (Å²) in [6.45, 7) is 2.04. The molecule has 0 bridgehead atoms. The summed E-state index contributed by atoms with van der Waals surface area (Å²) in [4.78, 5) is 2.26. The maximum Gasteiger partial charge on any atom is 0.168 e. The van der Waals surface area contributed by atoms with Crippen molar-refractivity contribution in [3.63, 3.8) is 0 Å². The van der Waals surface area contributed by atoms with E-state index in [0.717, 1.165) is 55.8 Å². The predicted octanol–water partition coefficient (Wildman–Crippen LogP) is 2.26. The SMILES string of the molecule is N#Cc1c(N2CCCCC2)n[nH]c1C1CCC(N)CC1. The fraction of sp³-hybridized carbons (Fsp3) is 0.733. The van der Waals surface area contributed by atoms with Crippen LogP contribution in [0.5, 0.6) is 0 Å². The third-order valence-electron chi connectivity index (χ3n) is 4.72. The molecule has 108 valence electrons. The summed E-state index contributed by atoms with van der Waals surface area (Å²) in [5, 5.41) is 17.1. The maximum atomic E-state index is 9.54. The minimum atomic E-state index is 0.335. The Morgan fingerprint density at radius 2 is 1.85 bits per heavy atom. The van der Waals surface area contributed by atoms with Crippen molar-refractivity contribution in [1.82, 2.24) is 10.2 Å². The molecule has 2 heterocycles. The van der Waals surface area contributed by atoms with E-state index in [2.05, 4.69) is 21.2 Å². The molecular formula is C15H23N5. The number of H-pyrrole nitrogens is 1. The molecule has 0 atom stereocenters. The molecule has 5 heteroatoms. The van der Waals surface area contributed by atoms with Gasteiger partial charge in [-0.3, -0.25) is 5.10 Å². The first-order chi connectivity index (χ1) is 9.79. The van der Waals surface area contributed by atoms with Crippen LogP contribution in [0.1, 0.15) is 62.1 Å². The van der Waals surface area contributed by atoms with Crippen LogP contribution in [0, 0.1) is 11.3 Å². The molecule has 20 heavy (non-hydrogen) atoms. The summed E-state index contributed by atoms with van der Waals surface area (Å²) >= 11 is 0. The quantitative estimate of drug-likeness (QED) is 0.866. The highest BCUT2D eigenvalue weighted by Crippen LogP contribution is 2.35. The van der Waals surface area contributed by atoms with Gasteiger partial charge in [-0.15, -0.1) is 0 Å². The van der Waals surface area contributed by atoms with Gasteiger partial charge < -0.3 is 10.6 Å². The number of piperidine rings is 1. The van der Waals surface area contributed by atoms with E-state index in [0.29, 0.717) is 12.0 Å². The van der Waals surface area contributed by atoms with Gasteiger partial charge in [-0.2, -0.15) is 10.4 Å². The first-order valence-corrected chi connectivity index (χ1v) is 7.78. The van der Waals surface area contributed by atoms with Crippen LogP contribution in [-0.4, -0.2) is 29.3 Å². The Morgan fingerprint density at radius 3 is 2.50 bits per heavy atom. The lowest BCUT2D eigenvalue weighted by molar-refractivity contribution is 0.390. The Balaban J connectivity index is 1.82. The zero-order valence-electron chi connectivity index (χ0n) is 11.9. The van der Waals surface area contributed by atoms with Crippen molar-refractivity contribution in [2.75, 3.05) is 18.0 Å². The van der Waals surface area contributed by atoms with E-state index in [9.17, 15) is 5.26 Å². The minimum Gasteiger partial charge on any atom is -0.354 e. The highest BCUT2D eigenvalue weighted by Gasteiger charge is 2.27. The number of aromatic nitrogens is 2. The molecule has 2 fully saturated rings. The van der Waals surface area contributed by atoms with Crippen LogP contribution in [-0.2, 0) is 0 Å². The lowest BCUT2D eigenvalue weighted by atomic mass is 9.83. The molecule has 0 amide bonds. The summed E-state index contributed by atoms with van der Waals surface area (Å²) in [6, 6.07) is 2.72. The number of nitrogens with zero attached hydrogens (tertiary/aromatic N) is 3. The van der Waals surface area contributed by atoms with Crippen molar-refractivity contribution < 1.29 is 0 Å². The topological polar surface area (TPSA) is 81.7 Å². The number of nitriles is 1. The van der Waals surface area contributed by atoms with E-state index < -0.39 is 0 Å². The molecule has 1 aliphatic carbocycles. The van der Waals surface area contributed by atoms with Gasteiger partial charge >= 0.3 is 0 Å². The van der Waals surface area contributed by atoms with Gasteiger partial charge in [0.05, 0.1) is 5.69 Å². The van der Waals surface area contributed by atoms with Crippen molar-refractivity contribution in [3.8, 4) is 6.07 Å². The molecule has 1 saturated carbocycles. The summed E-state index contributed by atoms with van der Waals surface area (Å²) < 4.78 is 0. The van der Waals surface area contributed by atoms with Crippen LogP contribution in [0.4, 0.5) is 5.82 Å². The van der Waals surface area contributed by atoms with Gasteiger partial charge in [-0.1, -0.05) is 0 Å². The second-order valence-corrected chi connectivity index (χ2v) is 6.11. The molecule has 3 N–H and O–H groups in total. The Hall–Kier alpha value is -1.54. The molecule has 1 aliphatic heterocycles. The summed E-state index contributed by atoms with van der Waals surface area (Å²) in [5.74, 6) is 1.30. The fourth-order valence-electron chi connectivity index (χ4n) is 3.49. The Bertz CT molecular complexity index is 487. The normalized spacial score (nSPS) is 27.3. The number of nitrogens with two attached hydrogens (primary N) is 1. The van der Waals surface area contributed by atoms with Crippen LogP contribution in [0.25, 0.3) is 0 Å². The number of hydrogen-bond donors (Lipinski definition) is 2. The zero-order chi connectivity index (χ0) is 13.9. The van der Waals surface area contributed by atoms with E-state index >= 15 is 0 Å². The van der Waals surface area contributed by atoms with E-state index in [1.165, 1.54) is 19.3 Å². The molecule has 1 aromatic heterocycles. The molecule has 1 saturated heterocycles. The number of aromatic amines is 1. The molecule has 5 nitrogen and oxygen atoms in total. The third-order valence-corrected chi connectivity index (χ3v) is 4.72. The third kappa shape index (κ3) is 2.53. The van der Waals surface area contributed by atoms with Gasteiger partial charge in [-0.25, -0.2) is 0 Å². The van der Waals surface area contributed by atoms with Crippen LogP contribution in [0.15, 0.2) is 0 Å². The molecular weight excluding hydrogens is 250 g/mol. The number of hydrogen-bond acceptors (Lipinski definition) is 4. The van der Waals surface area contributed by atoms with Gasteiger partial charge in [0, 0.05) is 25.0 Å². The van der Waals surface area contributed by atoms with Gasteiger partial charge in [0.15, 0.2) is 5.82 Å². The average molecular weight is 273 g/mol. The van der Waals surface area contributed by atoms with E-state index in [4.69, 9.17) is 5.73 Å². The van der Waals surface area contributed by atoms with Crippen molar-refractivity contribution in [3.05, 3.63) is 11.3 Å². The smallest absolute Gasteiger partial charge is 0.168 e. The average Bonchev–Trinajstić information content (AvgIpc) is 2.93. The zero-order valence-corrected chi connectivity index (χ0v) is 11.9. The standard InChI is InChI=1S/C15H23N5/c16-10-13-14(11-4-6-12(17)7-5-11)18-19-15(13)20-8-2-1-3-9-20/h11-12H,1-9,17H2,(H,18,19). The van der Waals surface area contributed by atoms with Crippen LogP contribution < -0.4 is 10.6 Å². The monoisotopic (exact) mass is 273 g/mol. The largest absolute Gasteiger partial charge is 0.354 e. The van der Waals surface area contributed by atoms with Crippen molar-refractivity contribution in [1.29, 1.82) is 5.26 Å². The fourth-order valence-corrected chi connectivity index (χ4v) is 3.49. The summed E-state index contributed by atoms with van der Waals surface area (Å²) in [6.07, 6.45) is 7.92. The highest BCUT2D eigenvalue weighted by atomic mass is 15.3. The Kier molecular flexibility index (Phi) is 3.93. The van der Waals surface area contributed by atoms with Crippen LogP contribution in [0.3, 0.4) is 0 Å². The summed E-state index contributed by atoms with van der Waals surface area (Å²) in [7, 11) is 0. The minimum absolute atomic E-state index is 0.335. The Labute approximate surface area is 120 Å². The van der Waals surface area contributed by atoms with Crippen molar-refractivity contribution >= 4 is 5.82 Å².